The van der Waals surface area contributed by atoms with Crippen molar-refractivity contribution < 1.29 is 55.9 Å². The van der Waals surface area contributed by atoms with E-state index in [4.69, 9.17) is 21.3 Å². The van der Waals surface area contributed by atoms with Crippen LogP contribution >= 0.6 is 23.5 Å². The van der Waals surface area contributed by atoms with E-state index < -0.39 is 53.3 Å². The molecule has 3 unspecified atom stereocenters. The number of nitrogen functional groups attached to an aromatic ring is 2. The summed E-state index contributed by atoms with van der Waals surface area (Å²) in [5.41, 5.74) is 9.20. The van der Waals surface area contributed by atoms with Crippen LogP contribution in [0.2, 0.25) is 0 Å². The lowest BCUT2D eigenvalue weighted by Gasteiger charge is -2.24. The van der Waals surface area contributed by atoms with E-state index in [0.717, 1.165) is 0 Å². The van der Waals surface area contributed by atoms with Gasteiger partial charge in [-0.1, -0.05) is 0 Å². The van der Waals surface area contributed by atoms with Crippen molar-refractivity contribution in [2.45, 2.75) is 30.3 Å². The molecule has 2 aliphatic rings. The van der Waals surface area contributed by atoms with E-state index >= 15 is 4.39 Å². The van der Waals surface area contributed by atoms with Gasteiger partial charge in [0.1, 0.15) is 17.2 Å². The summed E-state index contributed by atoms with van der Waals surface area (Å²) in [6.07, 6.45) is -2.66. The van der Waals surface area contributed by atoms with Crippen LogP contribution in [-0.4, -0.2) is 62.1 Å². The molecule has 2 fully saturated rings. The van der Waals surface area contributed by atoms with Gasteiger partial charge in [0.15, 0.2) is 17.6 Å². The second-order valence-corrected chi connectivity index (χ2v) is 11.5. The van der Waals surface area contributed by atoms with Crippen molar-refractivity contribution in [2.75, 3.05) is 11.5 Å². The molecule has 17 nitrogen and oxygen atoms in total. The summed E-state index contributed by atoms with van der Waals surface area (Å²) in [5.74, 6) is -1.30. The fourth-order valence-electron chi connectivity index (χ4n) is 3.85. The Balaban J connectivity index is 1.50. The summed E-state index contributed by atoms with van der Waals surface area (Å²) in [4.78, 5) is 47.5. The first-order valence-corrected chi connectivity index (χ1v) is 13.0. The highest BCUT2D eigenvalue weighted by Crippen LogP contribution is 2.71. The van der Waals surface area contributed by atoms with Gasteiger partial charge in [0.25, 0.3) is 0 Å². The number of nitrogens with zero attached hydrogens (tertiary/aromatic N) is 4. The van der Waals surface area contributed by atoms with Gasteiger partial charge < -0.3 is 40.7 Å². The number of fused-ring (bicyclic) bond motifs is 2. The molecule has 9 N–H and O–H groups in total. The molecule has 178 valence electrons. The van der Waals surface area contributed by atoms with E-state index in [9.17, 15) is 28.6 Å². The van der Waals surface area contributed by atoms with Crippen LogP contribution in [0, 0.1) is 5.92 Å². The number of phosphoric acid groups is 3. The first kappa shape index (κ1) is 23.6. The minimum absolute atomic E-state index is 0.0472. The van der Waals surface area contributed by atoms with Crippen LogP contribution in [0.5, 0.6) is 0 Å². The van der Waals surface area contributed by atoms with Crippen molar-refractivity contribution in [1.29, 1.82) is 0 Å². The van der Waals surface area contributed by atoms with Crippen molar-refractivity contribution in [3.63, 3.8) is 0 Å². The molecule has 0 spiro atoms. The van der Waals surface area contributed by atoms with Gasteiger partial charge in [-0.15, -0.1) is 0 Å². The molecular weight excluding hydrogens is 504 g/mol. The van der Waals surface area contributed by atoms with E-state index in [1.807, 2.05) is 0 Å². The lowest BCUT2D eigenvalue weighted by Crippen LogP contribution is -2.33. The van der Waals surface area contributed by atoms with Gasteiger partial charge in [0.05, 0.1) is 12.4 Å². The zero-order valence-corrected chi connectivity index (χ0v) is 18.1. The highest BCUT2D eigenvalue weighted by Gasteiger charge is 2.78. The molecule has 7 atom stereocenters. The highest BCUT2D eigenvalue weighted by atomic mass is 31.3. The molecule has 21 heteroatoms. The molecule has 0 amide bonds. The van der Waals surface area contributed by atoms with Crippen molar-refractivity contribution in [3.05, 3.63) is 6.33 Å². The molecule has 0 bridgehead atoms. The van der Waals surface area contributed by atoms with Gasteiger partial charge in [-0.3, -0.25) is 4.52 Å². The molecule has 32 heavy (non-hydrogen) atoms. The number of phosphoric ester groups is 1. The third-order valence-corrected chi connectivity index (χ3v) is 8.89. The third-order valence-electron chi connectivity index (χ3n) is 5.07. The molecule has 2 aromatic rings. The zero-order chi connectivity index (χ0) is 23.9. The molecule has 0 saturated heterocycles. The van der Waals surface area contributed by atoms with Crippen LogP contribution < -0.4 is 11.5 Å². The SMILES string of the molecule is Nc1nc(N)c2ncn([C@@H]3C[C@@H]4C(OP(=O)(O)OP(=O)(O)OP(=O)(O)O)[C@]4(O)[C@@H]3F)c2n1. The number of alkyl halides is 1. The summed E-state index contributed by atoms with van der Waals surface area (Å²) >= 11 is 0. The summed E-state index contributed by atoms with van der Waals surface area (Å²) in [7, 11) is -16.8. The van der Waals surface area contributed by atoms with Crippen molar-refractivity contribution in [2.24, 2.45) is 5.92 Å². The Morgan fingerprint density at radius 1 is 1.12 bits per heavy atom. The van der Waals surface area contributed by atoms with Crippen LogP contribution in [0.3, 0.4) is 0 Å². The van der Waals surface area contributed by atoms with Crippen molar-refractivity contribution in [3.8, 4) is 0 Å². The van der Waals surface area contributed by atoms with Crippen LogP contribution in [0.15, 0.2) is 6.33 Å². The number of anilines is 2. The number of aromatic nitrogens is 4. The van der Waals surface area contributed by atoms with Crippen molar-refractivity contribution in [1.82, 2.24) is 19.5 Å². The molecule has 2 aliphatic carbocycles. The van der Waals surface area contributed by atoms with Gasteiger partial charge in [-0.05, 0) is 6.42 Å². The average Bonchev–Trinajstić information content (AvgIpc) is 2.88. The maximum atomic E-state index is 15.2. The van der Waals surface area contributed by atoms with Gasteiger partial charge >= 0.3 is 23.5 Å². The van der Waals surface area contributed by atoms with Crippen molar-refractivity contribution >= 4 is 46.4 Å². The summed E-state index contributed by atoms with van der Waals surface area (Å²) in [5, 5.41) is 10.6. The molecule has 2 heterocycles. The summed E-state index contributed by atoms with van der Waals surface area (Å²) in [6, 6.07) is -1.05. The molecule has 2 aromatic heterocycles. The molecule has 0 aliphatic heterocycles. The number of hydrogen-bond donors (Lipinski definition) is 7. The number of halogens is 1. The first-order valence-electron chi connectivity index (χ1n) is 8.48. The fourth-order valence-corrected chi connectivity index (χ4v) is 7.11. The van der Waals surface area contributed by atoms with Crippen LogP contribution in [0.4, 0.5) is 16.2 Å². The van der Waals surface area contributed by atoms with Crippen LogP contribution in [0.1, 0.15) is 12.5 Å². The Morgan fingerprint density at radius 3 is 2.34 bits per heavy atom. The largest absolute Gasteiger partial charge is 0.490 e. The van der Waals surface area contributed by atoms with E-state index in [1.165, 1.54) is 10.9 Å². The summed E-state index contributed by atoms with van der Waals surface area (Å²) < 4.78 is 62.2. The maximum Gasteiger partial charge on any atom is 0.490 e. The first-order chi connectivity index (χ1) is 14.5. The Kier molecular flexibility index (Phi) is 5.33. The number of hydrogen-bond acceptors (Lipinski definition) is 12. The Bertz CT molecular complexity index is 1240. The minimum Gasteiger partial charge on any atom is -0.384 e. The third kappa shape index (κ3) is 4.08. The van der Waals surface area contributed by atoms with E-state index in [1.54, 1.807) is 0 Å². The van der Waals surface area contributed by atoms with E-state index in [-0.39, 0.29) is 29.4 Å². The highest BCUT2D eigenvalue weighted by molar-refractivity contribution is 7.66. The fraction of sp³-hybridized carbons (Fsp3) is 0.545. The topological polar surface area (TPSA) is 276 Å². The lowest BCUT2D eigenvalue weighted by molar-refractivity contribution is 0.00420. The average molecular weight is 520 g/mol. The Hall–Kier alpha value is -1.55. The lowest BCUT2D eigenvalue weighted by atomic mass is 10.1. The van der Waals surface area contributed by atoms with Gasteiger partial charge in [-0.25, -0.2) is 23.1 Å². The molecule has 0 radical (unpaired) electrons. The predicted molar refractivity (Wildman–Crippen MR) is 99.9 cm³/mol. The van der Waals surface area contributed by atoms with Gasteiger partial charge in [0.2, 0.25) is 5.95 Å². The normalized spacial score (nSPS) is 33.6. The van der Waals surface area contributed by atoms with Gasteiger partial charge in [0, 0.05) is 5.92 Å². The Labute approximate surface area is 176 Å². The smallest absolute Gasteiger partial charge is 0.384 e. The monoisotopic (exact) mass is 520 g/mol. The zero-order valence-electron chi connectivity index (χ0n) is 15.4. The predicted octanol–water partition coefficient (Wildman–Crippen LogP) is -0.654. The molecular formula is C11H16FN6O11P3. The maximum absolute atomic E-state index is 15.2. The number of aliphatic hydroxyl groups is 1. The quantitative estimate of drug-likeness (QED) is 0.223. The number of nitrogens with two attached hydrogens (primary N) is 2. The number of rotatable bonds is 7. The van der Waals surface area contributed by atoms with E-state index in [0.29, 0.717) is 0 Å². The molecule has 2 saturated carbocycles. The molecule has 0 aromatic carbocycles. The van der Waals surface area contributed by atoms with Crippen LogP contribution in [0.25, 0.3) is 11.2 Å². The minimum atomic E-state index is -5.75. The van der Waals surface area contributed by atoms with E-state index in [2.05, 4.69) is 28.1 Å². The van der Waals surface area contributed by atoms with Gasteiger partial charge in [-0.2, -0.15) is 18.6 Å². The summed E-state index contributed by atoms with van der Waals surface area (Å²) in [6.45, 7) is 0. The second kappa shape index (κ2) is 7.22. The standard InChI is InChI=1S/C11H16FN6O11P3/c12-6-4(18-2-15-5-8(13)16-10(14)17-9(5)18)1-3-7(11(3,6)19)27-31(23,24)29-32(25,26)28-30(20,21)22/h2-4,6-7,19H,1H2,(H,23,24)(H,25,26)(H2,20,21,22)(H4,13,14,16,17)/t3-,4-,6-,7?,11-/m1/s1. The molecule has 4 rings (SSSR count). The Morgan fingerprint density at radius 2 is 1.78 bits per heavy atom. The van der Waals surface area contributed by atoms with Crippen LogP contribution in [-0.2, 0) is 26.8 Å². The number of imidazole rings is 1. The second-order valence-electron chi connectivity index (χ2n) is 7.11.